The summed E-state index contributed by atoms with van der Waals surface area (Å²) >= 11 is 5.19. The number of aromatic nitrogens is 1. The molecule has 0 saturated carbocycles. The Balaban J connectivity index is 2.39. The highest BCUT2D eigenvalue weighted by Gasteiger charge is 2.15. The van der Waals surface area contributed by atoms with Crippen LogP contribution in [0.5, 0.6) is 0 Å². The lowest BCUT2D eigenvalue weighted by Crippen LogP contribution is -2.31. The quantitative estimate of drug-likeness (QED) is 0.836. The largest absolute Gasteiger partial charge is 0.388 e. The Bertz CT molecular complexity index is 490. The minimum absolute atomic E-state index is 1.04. The van der Waals surface area contributed by atoms with Crippen LogP contribution in [0, 0.1) is 0 Å². The fraction of sp³-hybridized carbons (Fsp3) is 0.300. The minimum atomic E-state index is -1.29. The maximum absolute atomic E-state index is 4.56. The predicted molar refractivity (Wildman–Crippen MR) is 74.3 cm³/mol. The van der Waals surface area contributed by atoms with Crippen molar-refractivity contribution >= 4 is 50.9 Å². The first kappa shape index (κ1) is 11.1. The summed E-state index contributed by atoms with van der Waals surface area (Å²) in [5.74, 6) is 0. The molecule has 0 aliphatic rings. The van der Waals surface area contributed by atoms with E-state index in [0.717, 1.165) is 15.1 Å². The number of nitrogens with one attached hydrogen (secondary N) is 1. The van der Waals surface area contributed by atoms with Crippen molar-refractivity contribution in [2.75, 3.05) is 4.98 Å². The maximum atomic E-state index is 4.56. The topological polar surface area (TPSA) is 24.9 Å². The van der Waals surface area contributed by atoms with E-state index >= 15 is 0 Å². The highest BCUT2D eigenvalue weighted by Crippen LogP contribution is 2.29. The molecule has 5 heteroatoms. The summed E-state index contributed by atoms with van der Waals surface area (Å²) in [6, 6.07) is 6.19. The standard InChI is InChI=1S/C10H13BrN2SSi/c1-15(2,3)13-10-12-8-5-4-7(11)6-9(8)14-10/h4-6H,1-3H3,(H,12,13). The monoisotopic (exact) mass is 300 g/mol. The van der Waals surface area contributed by atoms with Gasteiger partial charge >= 0.3 is 0 Å². The molecule has 2 aromatic rings. The van der Waals surface area contributed by atoms with Crippen molar-refractivity contribution < 1.29 is 0 Å². The van der Waals surface area contributed by atoms with Crippen LogP contribution in [0.1, 0.15) is 0 Å². The molecule has 0 bridgehead atoms. The van der Waals surface area contributed by atoms with Gasteiger partial charge in [-0.25, -0.2) is 4.98 Å². The smallest absolute Gasteiger partial charge is 0.175 e. The third-order valence-corrected chi connectivity index (χ3v) is 4.43. The van der Waals surface area contributed by atoms with Gasteiger partial charge < -0.3 is 4.98 Å². The Morgan fingerprint density at radius 3 is 2.73 bits per heavy atom. The van der Waals surface area contributed by atoms with Gasteiger partial charge in [0, 0.05) is 4.47 Å². The zero-order valence-electron chi connectivity index (χ0n) is 8.97. The number of fused-ring (bicyclic) bond motifs is 1. The van der Waals surface area contributed by atoms with Crippen LogP contribution >= 0.6 is 27.3 Å². The van der Waals surface area contributed by atoms with Crippen LogP contribution in [0.3, 0.4) is 0 Å². The van der Waals surface area contributed by atoms with Crippen molar-refractivity contribution in [3.8, 4) is 0 Å². The van der Waals surface area contributed by atoms with Crippen molar-refractivity contribution in [1.29, 1.82) is 0 Å². The Labute approximate surface area is 103 Å². The highest BCUT2D eigenvalue weighted by molar-refractivity contribution is 9.10. The summed E-state index contributed by atoms with van der Waals surface area (Å²) in [6.45, 7) is 6.82. The highest BCUT2D eigenvalue weighted by atomic mass is 79.9. The van der Waals surface area contributed by atoms with Gasteiger partial charge in [0.25, 0.3) is 0 Å². The molecule has 0 unspecified atom stereocenters. The lowest BCUT2D eigenvalue weighted by Gasteiger charge is -2.16. The second kappa shape index (κ2) is 3.88. The zero-order valence-corrected chi connectivity index (χ0v) is 12.4. The number of halogens is 1. The Hall–Kier alpha value is -0.393. The number of benzene rings is 1. The molecule has 15 heavy (non-hydrogen) atoms. The van der Waals surface area contributed by atoms with Crippen LogP contribution in [0.2, 0.25) is 19.6 Å². The molecule has 1 aromatic heterocycles. The van der Waals surface area contributed by atoms with E-state index in [4.69, 9.17) is 0 Å². The van der Waals surface area contributed by atoms with Gasteiger partial charge in [-0.15, -0.1) is 0 Å². The van der Waals surface area contributed by atoms with Gasteiger partial charge in [0.2, 0.25) is 0 Å². The van der Waals surface area contributed by atoms with Crippen LogP contribution in [0.25, 0.3) is 10.2 Å². The third kappa shape index (κ3) is 2.80. The van der Waals surface area contributed by atoms with Crippen LogP contribution < -0.4 is 4.98 Å². The Morgan fingerprint density at radius 2 is 2.07 bits per heavy atom. The van der Waals surface area contributed by atoms with Crippen LogP contribution in [-0.2, 0) is 0 Å². The number of nitrogens with zero attached hydrogens (tertiary/aromatic N) is 1. The third-order valence-electron chi connectivity index (χ3n) is 1.83. The second-order valence-corrected chi connectivity index (χ2v) is 11.2. The molecule has 0 amide bonds. The van der Waals surface area contributed by atoms with Gasteiger partial charge in [0.15, 0.2) is 5.13 Å². The zero-order chi connectivity index (χ0) is 11.1. The number of anilines is 1. The molecule has 2 nitrogen and oxygen atoms in total. The molecule has 0 spiro atoms. The molecule has 0 radical (unpaired) electrons. The summed E-state index contributed by atoms with van der Waals surface area (Å²) in [4.78, 5) is 8.08. The molecule has 0 atom stereocenters. The summed E-state index contributed by atoms with van der Waals surface area (Å²) in [5.41, 5.74) is 1.07. The minimum Gasteiger partial charge on any atom is -0.388 e. The van der Waals surface area contributed by atoms with Crippen molar-refractivity contribution in [3.05, 3.63) is 22.7 Å². The van der Waals surface area contributed by atoms with Crippen LogP contribution in [-0.4, -0.2) is 13.2 Å². The van der Waals surface area contributed by atoms with Crippen molar-refractivity contribution in [3.63, 3.8) is 0 Å². The molecule has 1 N–H and O–H groups in total. The fourth-order valence-electron chi connectivity index (χ4n) is 1.27. The molecule has 0 saturated heterocycles. The molecular formula is C10H13BrN2SSi. The lowest BCUT2D eigenvalue weighted by molar-refractivity contribution is 1.46. The van der Waals surface area contributed by atoms with E-state index in [2.05, 4.69) is 51.6 Å². The summed E-state index contributed by atoms with van der Waals surface area (Å²) < 4.78 is 2.34. The lowest BCUT2D eigenvalue weighted by atomic mass is 10.3. The van der Waals surface area contributed by atoms with Crippen molar-refractivity contribution in [2.24, 2.45) is 0 Å². The molecule has 2 rings (SSSR count). The number of hydrogen-bond acceptors (Lipinski definition) is 3. The second-order valence-electron chi connectivity index (χ2n) is 4.51. The van der Waals surface area contributed by atoms with E-state index in [1.165, 1.54) is 4.70 Å². The Morgan fingerprint density at radius 1 is 1.33 bits per heavy atom. The first-order valence-electron chi connectivity index (χ1n) is 4.78. The van der Waals surface area contributed by atoms with Crippen LogP contribution in [0.4, 0.5) is 5.13 Å². The van der Waals surface area contributed by atoms with Crippen molar-refractivity contribution in [2.45, 2.75) is 19.6 Å². The fourth-order valence-corrected chi connectivity index (χ4v) is 4.36. The van der Waals surface area contributed by atoms with Gasteiger partial charge in [-0.1, -0.05) is 46.9 Å². The van der Waals surface area contributed by atoms with E-state index < -0.39 is 8.24 Å². The van der Waals surface area contributed by atoms with Crippen molar-refractivity contribution in [1.82, 2.24) is 4.98 Å². The van der Waals surface area contributed by atoms with E-state index in [0.29, 0.717) is 0 Å². The predicted octanol–water partition coefficient (Wildman–Crippen LogP) is 4.31. The molecule has 1 aromatic carbocycles. The SMILES string of the molecule is C[Si](C)(C)Nc1nc2ccc(Br)cc2s1. The van der Waals surface area contributed by atoms with Gasteiger partial charge in [-0.2, -0.15) is 0 Å². The summed E-state index contributed by atoms with van der Waals surface area (Å²) in [5, 5.41) is 1.04. The molecular weight excluding hydrogens is 288 g/mol. The molecule has 0 aliphatic carbocycles. The van der Waals surface area contributed by atoms with E-state index in [-0.39, 0.29) is 0 Å². The van der Waals surface area contributed by atoms with Gasteiger partial charge in [0.1, 0.15) is 8.24 Å². The number of thiazole rings is 1. The molecule has 0 fully saturated rings. The van der Waals surface area contributed by atoms with Gasteiger partial charge in [0.05, 0.1) is 10.2 Å². The normalized spacial score (nSPS) is 12.0. The van der Waals surface area contributed by atoms with E-state index in [1.54, 1.807) is 11.3 Å². The molecule has 80 valence electrons. The van der Waals surface area contributed by atoms with Gasteiger partial charge in [-0.3, -0.25) is 0 Å². The summed E-state index contributed by atoms with van der Waals surface area (Å²) in [7, 11) is -1.29. The van der Waals surface area contributed by atoms with E-state index in [1.807, 2.05) is 12.1 Å². The molecule has 1 heterocycles. The number of rotatable bonds is 2. The average molecular weight is 301 g/mol. The maximum Gasteiger partial charge on any atom is 0.175 e. The first-order chi connectivity index (χ1) is 6.94. The summed E-state index contributed by atoms with van der Waals surface area (Å²) in [6.07, 6.45) is 0. The average Bonchev–Trinajstić information content (AvgIpc) is 2.42. The van der Waals surface area contributed by atoms with Crippen LogP contribution in [0.15, 0.2) is 22.7 Å². The van der Waals surface area contributed by atoms with Gasteiger partial charge in [-0.05, 0) is 18.2 Å². The van der Waals surface area contributed by atoms with E-state index in [9.17, 15) is 0 Å². The molecule has 0 aliphatic heterocycles. The first-order valence-corrected chi connectivity index (χ1v) is 9.89. The number of hydrogen-bond donors (Lipinski definition) is 1. The Kier molecular flexibility index (Phi) is 2.87.